The van der Waals surface area contributed by atoms with Gasteiger partial charge in [-0.25, -0.2) is 0 Å². The van der Waals surface area contributed by atoms with Gasteiger partial charge in [0.2, 0.25) is 5.95 Å². The SMILES string of the molecule is CNc1cc(NCC2(O)CCCC2)nc(N)n1. The van der Waals surface area contributed by atoms with Crippen LogP contribution in [0.1, 0.15) is 25.7 Å². The monoisotopic (exact) mass is 237 g/mol. The molecule has 0 spiro atoms. The number of nitrogen functional groups attached to an aromatic ring is 1. The van der Waals surface area contributed by atoms with Crippen molar-refractivity contribution in [2.75, 3.05) is 30.0 Å². The highest BCUT2D eigenvalue weighted by Crippen LogP contribution is 2.29. The maximum atomic E-state index is 10.2. The summed E-state index contributed by atoms with van der Waals surface area (Å²) < 4.78 is 0. The number of aromatic nitrogens is 2. The summed E-state index contributed by atoms with van der Waals surface area (Å²) in [6.45, 7) is 0.507. The third kappa shape index (κ3) is 2.97. The van der Waals surface area contributed by atoms with Crippen LogP contribution in [0.2, 0.25) is 0 Å². The number of rotatable bonds is 4. The summed E-state index contributed by atoms with van der Waals surface area (Å²) in [5.41, 5.74) is 4.99. The molecule has 1 aliphatic rings. The standard InChI is InChI=1S/C11H19N5O/c1-13-8-6-9(16-10(12)15-8)14-7-11(17)4-2-3-5-11/h6,17H,2-5,7H2,1H3,(H4,12,13,14,15,16). The summed E-state index contributed by atoms with van der Waals surface area (Å²) in [7, 11) is 1.77. The summed E-state index contributed by atoms with van der Waals surface area (Å²) in [6, 6.07) is 1.77. The zero-order valence-corrected chi connectivity index (χ0v) is 10.0. The smallest absolute Gasteiger partial charge is 0.223 e. The molecule has 0 aliphatic heterocycles. The van der Waals surface area contributed by atoms with E-state index in [9.17, 15) is 5.11 Å². The van der Waals surface area contributed by atoms with E-state index in [4.69, 9.17) is 5.73 Å². The number of anilines is 3. The lowest BCUT2D eigenvalue weighted by molar-refractivity contribution is 0.0614. The van der Waals surface area contributed by atoms with E-state index in [1.165, 1.54) is 0 Å². The second-order valence-corrected chi connectivity index (χ2v) is 4.53. The first kappa shape index (κ1) is 11.9. The van der Waals surface area contributed by atoms with Crippen molar-refractivity contribution in [3.8, 4) is 0 Å². The molecule has 1 saturated carbocycles. The van der Waals surface area contributed by atoms with Crippen LogP contribution in [0.3, 0.4) is 0 Å². The molecule has 0 bridgehead atoms. The van der Waals surface area contributed by atoms with Gasteiger partial charge in [-0.05, 0) is 12.8 Å². The summed E-state index contributed by atoms with van der Waals surface area (Å²) in [5.74, 6) is 1.53. The van der Waals surface area contributed by atoms with Gasteiger partial charge in [-0.1, -0.05) is 12.8 Å². The quantitative estimate of drug-likeness (QED) is 0.619. The molecule has 0 saturated heterocycles. The Morgan fingerprint density at radius 2 is 2.00 bits per heavy atom. The number of hydrogen-bond acceptors (Lipinski definition) is 6. The Hall–Kier alpha value is -1.56. The second kappa shape index (κ2) is 4.75. The van der Waals surface area contributed by atoms with Crippen LogP contribution in [0.4, 0.5) is 17.6 Å². The Balaban J connectivity index is 2.00. The van der Waals surface area contributed by atoms with Crippen molar-refractivity contribution in [1.82, 2.24) is 9.97 Å². The molecular formula is C11H19N5O. The van der Waals surface area contributed by atoms with Crippen molar-refractivity contribution < 1.29 is 5.11 Å². The van der Waals surface area contributed by atoms with Gasteiger partial charge in [0.1, 0.15) is 11.6 Å². The maximum absolute atomic E-state index is 10.2. The lowest BCUT2D eigenvalue weighted by Gasteiger charge is -2.22. The third-order valence-corrected chi connectivity index (χ3v) is 3.13. The van der Waals surface area contributed by atoms with E-state index in [-0.39, 0.29) is 5.95 Å². The minimum absolute atomic E-state index is 0.220. The molecule has 1 aliphatic carbocycles. The first-order chi connectivity index (χ1) is 8.11. The van der Waals surface area contributed by atoms with Gasteiger partial charge in [-0.15, -0.1) is 0 Å². The van der Waals surface area contributed by atoms with Gasteiger partial charge in [0.05, 0.1) is 5.60 Å². The van der Waals surface area contributed by atoms with Gasteiger partial charge in [-0.2, -0.15) is 9.97 Å². The van der Waals surface area contributed by atoms with Crippen LogP contribution >= 0.6 is 0 Å². The molecule has 0 unspecified atom stereocenters. The van der Waals surface area contributed by atoms with Gasteiger partial charge in [0, 0.05) is 19.7 Å². The fourth-order valence-corrected chi connectivity index (χ4v) is 2.15. The Morgan fingerprint density at radius 3 is 2.65 bits per heavy atom. The largest absolute Gasteiger partial charge is 0.388 e. The van der Waals surface area contributed by atoms with Gasteiger partial charge in [0.25, 0.3) is 0 Å². The fraction of sp³-hybridized carbons (Fsp3) is 0.636. The van der Waals surface area contributed by atoms with Crippen LogP contribution < -0.4 is 16.4 Å². The van der Waals surface area contributed by atoms with E-state index in [0.29, 0.717) is 18.2 Å². The van der Waals surface area contributed by atoms with Gasteiger partial charge in [0.15, 0.2) is 0 Å². The first-order valence-corrected chi connectivity index (χ1v) is 5.90. The molecule has 2 rings (SSSR count). The average Bonchev–Trinajstić information content (AvgIpc) is 2.73. The minimum Gasteiger partial charge on any atom is -0.388 e. The Labute approximate surface area is 101 Å². The van der Waals surface area contributed by atoms with Gasteiger partial charge < -0.3 is 21.5 Å². The zero-order chi connectivity index (χ0) is 12.3. The van der Waals surface area contributed by atoms with Gasteiger partial charge >= 0.3 is 0 Å². The number of aliphatic hydroxyl groups is 1. The lowest BCUT2D eigenvalue weighted by Crippen LogP contribution is -2.33. The molecule has 1 fully saturated rings. The van der Waals surface area contributed by atoms with E-state index >= 15 is 0 Å². The van der Waals surface area contributed by atoms with Crippen molar-refractivity contribution in [3.63, 3.8) is 0 Å². The van der Waals surface area contributed by atoms with Crippen molar-refractivity contribution in [2.45, 2.75) is 31.3 Å². The molecule has 6 nitrogen and oxygen atoms in total. The lowest BCUT2D eigenvalue weighted by atomic mass is 10.0. The fourth-order valence-electron chi connectivity index (χ4n) is 2.15. The third-order valence-electron chi connectivity index (χ3n) is 3.13. The Kier molecular flexibility index (Phi) is 3.33. The molecule has 0 atom stereocenters. The number of nitrogens with one attached hydrogen (secondary N) is 2. The highest BCUT2D eigenvalue weighted by Gasteiger charge is 2.30. The Morgan fingerprint density at radius 1 is 1.35 bits per heavy atom. The molecule has 0 radical (unpaired) electrons. The molecule has 0 aromatic carbocycles. The Bertz CT molecular complexity index is 389. The van der Waals surface area contributed by atoms with Crippen molar-refractivity contribution in [3.05, 3.63) is 6.07 Å². The average molecular weight is 237 g/mol. The summed E-state index contributed by atoms with van der Waals surface area (Å²) in [5, 5.41) is 16.2. The topological polar surface area (TPSA) is 96.1 Å². The molecule has 17 heavy (non-hydrogen) atoms. The number of nitrogens with zero attached hydrogens (tertiary/aromatic N) is 2. The highest BCUT2D eigenvalue weighted by molar-refractivity contribution is 5.50. The molecule has 0 amide bonds. The first-order valence-electron chi connectivity index (χ1n) is 5.90. The van der Waals surface area contributed by atoms with Crippen LogP contribution in [0.5, 0.6) is 0 Å². The summed E-state index contributed by atoms with van der Waals surface area (Å²) in [4.78, 5) is 8.08. The molecule has 1 heterocycles. The van der Waals surface area contributed by atoms with E-state index < -0.39 is 5.60 Å². The molecular weight excluding hydrogens is 218 g/mol. The number of nitrogens with two attached hydrogens (primary N) is 1. The van der Waals surface area contributed by atoms with Crippen LogP contribution in [0.25, 0.3) is 0 Å². The van der Waals surface area contributed by atoms with E-state index in [2.05, 4.69) is 20.6 Å². The van der Waals surface area contributed by atoms with Crippen LogP contribution in [-0.2, 0) is 0 Å². The van der Waals surface area contributed by atoms with Crippen molar-refractivity contribution in [1.29, 1.82) is 0 Å². The van der Waals surface area contributed by atoms with Crippen molar-refractivity contribution >= 4 is 17.6 Å². The molecule has 6 heteroatoms. The zero-order valence-electron chi connectivity index (χ0n) is 10.0. The van der Waals surface area contributed by atoms with E-state index in [1.54, 1.807) is 13.1 Å². The molecule has 5 N–H and O–H groups in total. The van der Waals surface area contributed by atoms with Crippen LogP contribution in [0, 0.1) is 0 Å². The second-order valence-electron chi connectivity index (χ2n) is 4.53. The maximum Gasteiger partial charge on any atom is 0.223 e. The normalized spacial score (nSPS) is 18.0. The van der Waals surface area contributed by atoms with Gasteiger partial charge in [-0.3, -0.25) is 0 Å². The van der Waals surface area contributed by atoms with E-state index in [1.807, 2.05) is 0 Å². The number of hydrogen-bond donors (Lipinski definition) is 4. The predicted octanol–water partition coefficient (Wildman–Crippen LogP) is 0.817. The molecule has 1 aromatic heterocycles. The van der Waals surface area contributed by atoms with Crippen LogP contribution in [-0.4, -0.2) is 34.3 Å². The van der Waals surface area contributed by atoms with Crippen molar-refractivity contribution in [2.24, 2.45) is 0 Å². The molecule has 1 aromatic rings. The van der Waals surface area contributed by atoms with E-state index in [0.717, 1.165) is 25.7 Å². The predicted molar refractivity (Wildman–Crippen MR) is 67.9 cm³/mol. The summed E-state index contributed by atoms with van der Waals surface area (Å²) >= 11 is 0. The van der Waals surface area contributed by atoms with Crippen LogP contribution in [0.15, 0.2) is 6.07 Å². The summed E-state index contributed by atoms with van der Waals surface area (Å²) in [6.07, 6.45) is 3.87. The highest BCUT2D eigenvalue weighted by atomic mass is 16.3. The molecule has 94 valence electrons. The minimum atomic E-state index is -0.598.